The number of likely N-dealkylation sites (N-methyl/N-ethyl adjacent to an activating group) is 1. The topological polar surface area (TPSA) is 66.0 Å². The van der Waals surface area contributed by atoms with E-state index in [4.69, 9.17) is 45.1 Å². The van der Waals surface area contributed by atoms with Gasteiger partial charge in [0, 0.05) is 34.8 Å². The summed E-state index contributed by atoms with van der Waals surface area (Å²) in [5.74, 6) is 0.545. The summed E-state index contributed by atoms with van der Waals surface area (Å²) < 4.78 is 5.27. The maximum absolute atomic E-state index is 13.3. The number of rotatable bonds is 6. The zero-order chi connectivity index (χ0) is 24.9. The molecule has 0 saturated heterocycles. The number of methoxy groups -OCH3 is 1. The minimum Gasteiger partial charge on any atom is -0.497 e. The SMILES string of the molecule is COc1cccc(CCNC(=S)NC2N=C(c3ccccc3Cl)c3cc(Cl)ccc3N(C)C2=O)c1. The average molecular weight is 527 g/mol. The largest absolute Gasteiger partial charge is 0.497 e. The van der Waals surface area contributed by atoms with Crippen LogP contribution in [-0.2, 0) is 11.2 Å². The number of aliphatic imine (C=N–C) groups is 1. The van der Waals surface area contributed by atoms with Gasteiger partial charge in [-0.05, 0) is 60.6 Å². The number of anilines is 1. The van der Waals surface area contributed by atoms with Crippen molar-refractivity contribution in [2.45, 2.75) is 12.6 Å². The van der Waals surface area contributed by atoms with Crippen LogP contribution in [0.25, 0.3) is 0 Å². The van der Waals surface area contributed by atoms with E-state index in [1.54, 1.807) is 43.3 Å². The van der Waals surface area contributed by atoms with E-state index < -0.39 is 6.17 Å². The molecule has 9 heteroatoms. The summed E-state index contributed by atoms with van der Waals surface area (Å²) in [4.78, 5) is 19.7. The summed E-state index contributed by atoms with van der Waals surface area (Å²) in [7, 11) is 3.34. The van der Waals surface area contributed by atoms with E-state index in [2.05, 4.69) is 10.6 Å². The molecule has 1 heterocycles. The van der Waals surface area contributed by atoms with Crippen molar-refractivity contribution in [2.75, 3.05) is 25.6 Å². The Morgan fingerprint density at radius 1 is 1.09 bits per heavy atom. The molecule has 35 heavy (non-hydrogen) atoms. The summed E-state index contributed by atoms with van der Waals surface area (Å²) in [5, 5.41) is 7.60. The first-order chi connectivity index (χ1) is 16.9. The zero-order valence-corrected chi connectivity index (χ0v) is 21.5. The van der Waals surface area contributed by atoms with Crippen LogP contribution in [0.1, 0.15) is 16.7 Å². The highest BCUT2D eigenvalue weighted by atomic mass is 35.5. The molecule has 0 radical (unpaired) electrons. The highest BCUT2D eigenvalue weighted by Crippen LogP contribution is 2.31. The van der Waals surface area contributed by atoms with Crippen LogP contribution in [0.2, 0.25) is 10.0 Å². The molecule has 6 nitrogen and oxygen atoms in total. The van der Waals surface area contributed by atoms with Crippen LogP contribution in [0, 0.1) is 0 Å². The molecule has 1 aliphatic heterocycles. The molecule has 1 aliphatic rings. The summed E-state index contributed by atoms with van der Waals surface area (Å²) in [6.07, 6.45) is -0.218. The molecule has 1 unspecified atom stereocenters. The number of benzodiazepines with no additional fused rings is 1. The molecule has 3 aromatic carbocycles. The first-order valence-electron chi connectivity index (χ1n) is 10.9. The summed E-state index contributed by atoms with van der Waals surface area (Å²) in [5.41, 5.74) is 3.75. The van der Waals surface area contributed by atoms with Gasteiger partial charge in [-0.1, -0.05) is 53.5 Å². The molecular formula is C26H24Cl2N4O2S. The van der Waals surface area contributed by atoms with E-state index in [9.17, 15) is 4.79 Å². The predicted molar refractivity (Wildman–Crippen MR) is 146 cm³/mol. The van der Waals surface area contributed by atoms with Gasteiger partial charge >= 0.3 is 0 Å². The van der Waals surface area contributed by atoms with Gasteiger partial charge in [-0.25, -0.2) is 4.99 Å². The molecule has 0 bridgehead atoms. The first-order valence-corrected chi connectivity index (χ1v) is 12.1. The molecule has 3 aromatic rings. The van der Waals surface area contributed by atoms with E-state index >= 15 is 0 Å². The Labute approximate surface area is 219 Å². The van der Waals surface area contributed by atoms with Crippen molar-refractivity contribution in [1.29, 1.82) is 0 Å². The third-order valence-corrected chi connectivity index (χ3v) is 6.45. The van der Waals surface area contributed by atoms with Crippen molar-refractivity contribution in [3.63, 3.8) is 0 Å². The van der Waals surface area contributed by atoms with Gasteiger partial charge in [-0.2, -0.15) is 0 Å². The molecule has 2 N–H and O–H groups in total. The second-order valence-corrected chi connectivity index (χ2v) is 9.17. The molecule has 0 aliphatic carbocycles. The lowest BCUT2D eigenvalue weighted by molar-refractivity contribution is -0.119. The summed E-state index contributed by atoms with van der Waals surface area (Å²) in [6, 6.07) is 20.5. The first kappa shape index (κ1) is 25.0. The van der Waals surface area contributed by atoms with E-state index in [0.717, 1.165) is 17.7 Å². The number of carbonyl (C=O) groups is 1. The van der Waals surface area contributed by atoms with Crippen molar-refractivity contribution in [3.05, 3.63) is 93.5 Å². The number of nitrogens with zero attached hydrogens (tertiary/aromatic N) is 2. The molecule has 180 valence electrons. The van der Waals surface area contributed by atoms with Gasteiger partial charge in [0.05, 0.1) is 18.5 Å². The highest BCUT2D eigenvalue weighted by Gasteiger charge is 2.31. The number of hydrogen-bond donors (Lipinski definition) is 2. The van der Waals surface area contributed by atoms with Crippen LogP contribution in [0.3, 0.4) is 0 Å². The maximum Gasteiger partial charge on any atom is 0.272 e. The Morgan fingerprint density at radius 3 is 2.66 bits per heavy atom. The molecule has 0 spiro atoms. The van der Waals surface area contributed by atoms with Crippen molar-refractivity contribution in [1.82, 2.24) is 10.6 Å². The number of fused-ring (bicyclic) bond motifs is 1. The lowest BCUT2D eigenvalue weighted by Gasteiger charge is -2.22. The average Bonchev–Trinajstić information content (AvgIpc) is 2.95. The number of thiocarbonyl (C=S) groups is 1. The smallest absolute Gasteiger partial charge is 0.272 e. The molecule has 0 fully saturated rings. The Morgan fingerprint density at radius 2 is 1.89 bits per heavy atom. The van der Waals surface area contributed by atoms with Gasteiger partial charge in [0.25, 0.3) is 5.91 Å². The molecule has 1 amide bonds. The predicted octanol–water partition coefficient (Wildman–Crippen LogP) is 4.85. The number of hydrogen-bond acceptors (Lipinski definition) is 4. The highest BCUT2D eigenvalue weighted by molar-refractivity contribution is 7.80. The van der Waals surface area contributed by atoms with Crippen LogP contribution in [-0.4, -0.2) is 43.6 Å². The Hall–Kier alpha value is -3.13. The minimum atomic E-state index is -0.950. The van der Waals surface area contributed by atoms with Crippen LogP contribution in [0.5, 0.6) is 5.75 Å². The fourth-order valence-corrected chi connectivity index (χ4v) is 4.44. The van der Waals surface area contributed by atoms with Crippen LogP contribution in [0.4, 0.5) is 5.69 Å². The van der Waals surface area contributed by atoms with Gasteiger partial charge in [0.2, 0.25) is 6.17 Å². The quantitative estimate of drug-likeness (QED) is 0.449. The normalized spacial score (nSPS) is 15.1. The number of ether oxygens (including phenoxy) is 1. The fraction of sp³-hybridized carbons (Fsp3) is 0.192. The third-order valence-electron chi connectivity index (χ3n) is 5.63. The van der Waals surface area contributed by atoms with Crippen LogP contribution in [0.15, 0.2) is 71.7 Å². The summed E-state index contributed by atoms with van der Waals surface area (Å²) in [6.45, 7) is 0.576. The second-order valence-electron chi connectivity index (χ2n) is 7.92. The minimum absolute atomic E-state index is 0.257. The third kappa shape index (κ3) is 5.75. The van der Waals surface area contributed by atoms with E-state index in [-0.39, 0.29) is 5.91 Å². The summed E-state index contributed by atoms with van der Waals surface area (Å²) >= 11 is 18.3. The molecular weight excluding hydrogens is 503 g/mol. The molecule has 4 rings (SSSR count). The molecule has 0 aromatic heterocycles. The van der Waals surface area contributed by atoms with Crippen molar-refractivity contribution >= 4 is 57.8 Å². The van der Waals surface area contributed by atoms with Crippen LogP contribution >= 0.6 is 35.4 Å². The lowest BCUT2D eigenvalue weighted by Crippen LogP contribution is -2.49. The number of nitrogens with one attached hydrogen (secondary N) is 2. The standard InChI is InChI=1S/C26H24Cl2N4O2S/c1-32-22-11-10-17(27)15-20(22)23(19-8-3-4-9-21(19)28)30-24(25(32)33)31-26(35)29-13-12-16-6-5-7-18(14-16)34-2/h3-11,14-15,24H,12-13H2,1-2H3,(H2,29,31,35). The Kier molecular flexibility index (Phi) is 7.90. The number of amides is 1. The zero-order valence-electron chi connectivity index (χ0n) is 19.2. The fourth-order valence-electron chi connectivity index (χ4n) is 3.83. The number of carbonyl (C=O) groups excluding carboxylic acids is 1. The van der Waals surface area contributed by atoms with Crippen molar-refractivity contribution in [2.24, 2.45) is 4.99 Å². The Bertz CT molecular complexity index is 1300. The molecule has 0 saturated carbocycles. The van der Waals surface area contributed by atoms with Crippen molar-refractivity contribution < 1.29 is 9.53 Å². The van der Waals surface area contributed by atoms with Gasteiger partial charge in [-0.3, -0.25) is 4.79 Å². The van der Waals surface area contributed by atoms with Gasteiger partial charge in [-0.15, -0.1) is 0 Å². The van der Waals surface area contributed by atoms with Gasteiger partial charge < -0.3 is 20.3 Å². The lowest BCUT2D eigenvalue weighted by atomic mass is 10.00. The Balaban J connectivity index is 1.57. The monoisotopic (exact) mass is 526 g/mol. The van der Waals surface area contributed by atoms with Crippen LogP contribution < -0.4 is 20.3 Å². The molecule has 1 atom stereocenters. The van der Waals surface area contributed by atoms with E-state index in [0.29, 0.717) is 44.2 Å². The van der Waals surface area contributed by atoms with Gasteiger partial charge in [0.1, 0.15) is 5.75 Å². The van der Waals surface area contributed by atoms with Crippen molar-refractivity contribution in [3.8, 4) is 5.75 Å². The van der Waals surface area contributed by atoms with Gasteiger partial charge in [0.15, 0.2) is 5.11 Å². The number of halogens is 2. The number of benzene rings is 3. The van der Waals surface area contributed by atoms with E-state index in [1.165, 1.54) is 0 Å². The second kappa shape index (κ2) is 11.1. The maximum atomic E-state index is 13.3. The van der Waals surface area contributed by atoms with E-state index in [1.807, 2.05) is 42.5 Å².